The monoisotopic (exact) mass is 421 g/mol. The zero-order valence-corrected chi connectivity index (χ0v) is 17.0. The first-order chi connectivity index (χ1) is 13.1. The van der Waals surface area contributed by atoms with E-state index in [0.717, 1.165) is 0 Å². The van der Waals surface area contributed by atoms with Crippen molar-refractivity contribution in [2.24, 2.45) is 11.8 Å². The van der Waals surface area contributed by atoms with E-state index in [1.54, 1.807) is 6.08 Å². The molecule has 4 N–H and O–H groups in total. The van der Waals surface area contributed by atoms with E-state index >= 15 is 0 Å². The third-order valence-corrected chi connectivity index (χ3v) is 7.74. The normalized spacial score (nSPS) is 34.1. The van der Waals surface area contributed by atoms with E-state index < -0.39 is 52.0 Å². The second-order valence-electron chi connectivity index (χ2n) is 8.19. The molecule has 0 radical (unpaired) electrons. The van der Waals surface area contributed by atoms with E-state index in [2.05, 4.69) is 5.32 Å². The largest absolute Gasteiger partial charge is 0.391 e. The Kier molecular flexibility index (Phi) is 8.42. The van der Waals surface area contributed by atoms with Gasteiger partial charge >= 0.3 is 0 Å². The molecule has 0 heterocycles. The molecule has 0 aromatic carbocycles. The van der Waals surface area contributed by atoms with Crippen LogP contribution in [0.2, 0.25) is 0 Å². The Morgan fingerprint density at radius 2 is 1.79 bits per heavy atom. The molecule has 1 amide bonds. The zero-order chi connectivity index (χ0) is 20.9. The number of sulfone groups is 1. The van der Waals surface area contributed by atoms with Crippen molar-refractivity contribution in [3.05, 3.63) is 12.2 Å². The van der Waals surface area contributed by atoms with E-state index in [1.807, 2.05) is 0 Å². The maximum absolute atomic E-state index is 13.4. The summed E-state index contributed by atoms with van der Waals surface area (Å²) < 4.78 is 36.7. The van der Waals surface area contributed by atoms with Gasteiger partial charge in [-0.15, -0.1) is 0 Å². The minimum Gasteiger partial charge on any atom is -0.391 e. The van der Waals surface area contributed by atoms with Gasteiger partial charge in [-0.05, 0) is 62.9 Å². The quantitative estimate of drug-likeness (QED) is 0.444. The number of allylic oxidation sites excluding steroid dienone is 1. The number of aliphatic hydroxyl groups excluding tert-OH is 3. The lowest BCUT2D eigenvalue weighted by Gasteiger charge is -2.33. The second-order valence-corrected chi connectivity index (χ2v) is 10.5. The Morgan fingerprint density at radius 1 is 1.14 bits per heavy atom. The summed E-state index contributed by atoms with van der Waals surface area (Å²) in [7, 11) is -3.11. The number of carbonyl (C=O) groups excluding carboxylic acids is 1. The van der Waals surface area contributed by atoms with Gasteiger partial charge < -0.3 is 20.6 Å². The molecule has 7 nitrogen and oxygen atoms in total. The van der Waals surface area contributed by atoms with E-state index in [9.17, 15) is 32.9 Å². The highest BCUT2D eigenvalue weighted by molar-refractivity contribution is 7.91. The number of alkyl halides is 1. The molecule has 0 spiro atoms. The van der Waals surface area contributed by atoms with Crippen LogP contribution in [0.25, 0.3) is 0 Å². The second kappa shape index (κ2) is 10.1. The van der Waals surface area contributed by atoms with Crippen molar-refractivity contribution in [2.45, 2.75) is 74.5 Å². The van der Waals surface area contributed by atoms with Crippen LogP contribution in [0.5, 0.6) is 0 Å². The fraction of sp³-hybridized carbons (Fsp3) is 0.842. The highest BCUT2D eigenvalue weighted by Gasteiger charge is 2.35. The van der Waals surface area contributed by atoms with Crippen molar-refractivity contribution in [1.29, 1.82) is 0 Å². The third kappa shape index (κ3) is 6.50. The molecule has 2 saturated carbocycles. The lowest BCUT2D eigenvalue weighted by atomic mass is 9.82. The SMILES string of the molecule is CS(=O)(=O)C1CCC([C@H](O)C(CF)NC(=O)/C=C/C2CCC(O)C(O)C2)CC1. The molecule has 2 aliphatic carbocycles. The number of hydrogen-bond acceptors (Lipinski definition) is 6. The predicted molar refractivity (Wildman–Crippen MR) is 103 cm³/mol. The fourth-order valence-corrected chi connectivity index (χ4v) is 5.32. The molecular formula is C19H32FNO6S. The Bertz CT molecular complexity index is 647. The Hall–Kier alpha value is -1.03. The molecule has 0 aromatic rings. The molecule has 2 aliphatic rings. The first-order valence-corrected chi connectivity index (χ1v) is 11.8. The van der Waals surface area contributed by atoms with Crippen LogP contribution < -0.4 is 5.32 Å². The van der Waals surface area contributed by atoms with Gasteiger partial charge in [0, 0.05) is 6.26 Å². The highest BCUT2D eigenvalue weighted by atomic mass is 32.2. The number of nitrogens with one attached hydrogen (secondary N) is 1. The molecule has 0 saturated heterocycles. The predicted octanol–water partition coefficient (Wildman–Crippen LogP) is 0.483. The molecular weight excluding hydrogens is 389 g/mol. The van der Waals surface area contributed by atoms with Crippen LogP contribution >= 0.6 is 0 Å². The third-order valence-electron chi connectivity index (χ3n) is 6.05. The van der Waals surface area contributed by atoms with E-state index in [1.165, 1.54) is 12.3 Å². The first kappa shape index (κ1) is 23.3. The number of hydrogen-bond donors (Lipinski definition) is 4. The van der Waals surface area contributed by atoms with Crippen molar-refractivity contribution in [3.8, 4) is 0 Å². The summed E-state index contributed by atoms with van der Waals surface area (Å²) in [4.78, 5) is 12.1. The van der Waals surface area contributed by atoms with E-state index in [0.29, 0.717) is 44.9 Å². The van der Waals surface area contributed by atoms with Crippen LogP contribution in [0.15, 0.2) is 12.2 Å². The summed E-state index contributed by atoms with van der Waals surface area (Å²) in [5.74, 6) is -0.811. The standard InChI is InChI=1S/C19H32FNO6S/c1-28(26,27)14-6-4-13(5-7-14)19(25)15(11-20)21-18(24)9-3-12-2-8-16(22)17(23)10-12/h3,9,12-17,19,22-23,25H,2,4-8,10-11H2,1H3,(H,21,24)/b9-3+/t12?,13?,14?,15?,16?,17?,19-/m0/s1. The summed E-state index contributed by atoms with van der Waals surface area (Å²) in [6.45, 7) is -0.916. The van der Waals surface area contributed by atoms with Gasteiger partial charge in [0.25, 0.3) is 0 Å². The summed E-state index contributed by atoms with van der Waals surface area (Å²) >= 11 is 0. The van der Waals surface area contributed by atoms with Crippen LogP contribution in [0.1, 0.15) is 44.9 Å². The maximum atomic E-state index is 13.4. The van der Waals surface area contributed by atoms with Crippen molar-refractivity contribution in [2.75, 3.05) is 12.9 Å². The Morgan fingerprint density at radius 3 is 2.32 bits per heavy atom. The topological polar surface area (TPSA) is 124 Å². The van der Waals surface area contributed by atoms with Crippen LogP contribution in [-0.4, -0.2) is 72.2 Å². The van der Waals surface area contributed by atoms with Gasteiger partial charge in [-0.3, -0.25) is 4.79 Å². The molecule has 9 heteroatoms. The maximum Gasteiger partial charge on any atom is 0.244 e. The summed E-state index contributed by atoms with van der Waals surface area (Å²) in [6, 6.07) is -1.05. The van der Waals surface area contributed by atoms with Crippen molar-refractivity contribution in [3.63, 3.8) is 0 Å². The number of amides is 1. The van der Waals surface area contributed by atoms with Gasteiger partial charge in [0.2, 0.25) is 5.91 Å². The smallest absolute Gasteiger partial charge is 0.244 e. The van der Waals surface area contributed by atoms with Crippen molar-refractivity contribution in [1.82, 2.24) is 5.32 Å². The van der Waals surface area contributed by atoms with E-state index in [4.69, 9.17) is 0 Å². The van der Waals surface area contributed by atoms with Gasteiger partial charge in [-0.2, -0.15) is 0 Å². The van der Waals surface area contributed by atoms with Gasteiger partial charge in [0.15, 0.2) is 0 Å². The lowest BCUT2D eigenvalue weighted by Crippen LogP contribution is -2.48. The molecule has 4 unspecified atom stereocenters. The molecule has 5 atom stereocenters. The molecule has 162 valence electrons. The van der Waals surface area contributed by atoms with E-state index in [-0.39, 0.29) is 11.8 Å². The zero-order valence-electron chi connectivity index (χ0n) is 16.2. The minimum absolute atomic E-state index is 0.0378. The van der Waals surface area contributed by atoms with Crippen LogP contribution in [-0.2, 0) is 14.6 Å². The molecule has 2 rings (SSSR count). The van der Waals surface area contributed by atoms with Crippen LogP contribution in [0.3, 0.4) is 0 Å². The summed E-state index contributed by atoms with van der Waals surface area (Å²) in [6.07, 6.45) is 4.81. The first-order valence-electron chi connectivity index (χ1n) is 9.89. The van der Waals surface area contributed by atoms with Gasteiger partial charge in [0.1, 0.15) is 16.5 Å². The van der Waals surface area contributed by atoms with Crippen LogP contribution in [0, 0.1) is 11.8 Å². The molecule has 2 fully saturated rings. The number of carbonyl (C=O) groups is 1. The molecule has 0 aromatic heterocycles. The molecule has 28 heavy (non-hydrogen) atoms. The van der Waals surface area contributed by atoms with Gasteiger partial charge in [0.05, 0.1) is 29.6 Å². The lowest BCUT2D eigenvalue weighted by molar-refractivity contribution is -0.118. The average Bonchev–Trinajstić information content (AvgIpc) is 2.66. The fourth-order valence-electron chi connectivity index (χ4n) is 4.19. The highest BCUT2D eigenvalue weighted by Crippen LogP contribution is 2.31. The average molecular weight is 422 g/mol. The Balaban J connectivity index is 1.84. The number of aliphatic hydroxyl groups is 3. The minimum atomic E-state index is -3.11. The van der Waals surface area contributed by atoms with Crippen molar-refractivity contribution >= 4 is 15.7 Å². The van der Waals surface area contributed by atoms with Gasteiger partial charge in [-0.25, -0.2) is 12.8 Å². The number of rotatable bonds is 7. The van der Waals surface area contributed by atoms with Crippen molar-refractivity contribution < 1.29 is 32.9 Å². The molecule has 0 bridgehead atoms. The number of halogens is 1. The Labute approximate surface area is 165 Å². The summed E-state index contributed by atoms with van der Waals surface area (Å²) in [5.41, 5.74) is 0. The van der Waals surface area contributed by atoms with Gasteiger partial charge in [-0.1, -0.05) is 6.08 Å². The van der Waals surface area contributed by atoms with Crippen LogP contribution in [0.4, 0.5) is 4.39 Å². The molecule has 0 aliphatic heterocycles. The summed E-state index contributed by atoms with van der Waals surface area (Å²) in [5, 5.41) is 31.7.